The van der Waals surface area contributed by atoms with Gasteiger partial charge in [-0.2, -0.15) is 0 Å². The number of rotatable bonds is 6. The summed E-state index contributed by atoms with van der Waals surface area (Å²) < 4.78 is 11.3. The van der Waals surface area contributed by atoms with E-state index in [-0.39, 0.29) is 0 Å². The van der Waals surface area contributed by atoms with Crippen molar-refractivity contribution >= 4 is 21.5 Å². The molecule has 0 saturated carbocycles. The molecule has 2 nitrogen and oxygen atoms in total. The highest BCUT2D eigenvalue weighted by Gasteiger charge is 2.14. The zero-order valence-corrected chi connectivity index (χ0v) is 17.7. The maximum atomic E-state index is 5.65. The molecule has 0 bridgehead atoms. The van der Waals surface area contributed by atoms with E-state index in [0.29, 0.717) is 0 Å². The van der Waals surface area contributed by atoms with E-state index < -0.39 is 0 Å². The summed E-state index contributed by atoms with van der Waals surface area (Å²) in [6, 6.07) is 21.7. The molecule has 0 aliphatic rings. The molecule has 2 heteroatoms. The minimum absolute atomic E-state index is 0.884. The second kappa shape index (κ2) is 8.16. The Labute approximate surface area is 173 Å². The molecule has 0 radical (unpaired) electrons. The van der Waals surface area contributed by atoms with E-state index in [1.165, 1.54) is 43.8 Å². The number of benzene rings is 4. The van der Waals surface area contributed by atoms with Gasteiger partial charge in [-0.3, -0.25) is 0 Å². The van der Waals surface area contributed by atoms with Crippen molar-refractivity contribution in [3.8, 4) is 11.5 Å². The second-order valence-electron chi connectivity index (χ2n) is 7.42. The fourth-order valence-corrected chi connectivity index (χ4v) is 4.51. The first-order chi connectivity index (χ1) is 14.2. The highest BCUT2D eigenvalue weighted by Crippen LogP contribution is 2.36. The van der Waals surface area contributed by atoms with E-state index in [2.05, 4.69) is 74.5 Å². The Morgan fingerprint density at radius 1 is 0.552 bits per heavy atom. The zero-order valence-electron chi connectivity index (χ0n) is 17.7. The standard InChI is InChI=1S/C27H28O2/c1-5-18-9-7-11-22-24(28-3)15-13-20(26(18)22)17-21-14-16-25(29-4)23-12-8-10-19(6-2)27(21)23/h7-16H,5-6,17H2,1-4H3. The maximum Gasteiger partial charge on any atom is 0.126 e. The second-order valence-corrected chi connectivity index (χ2v) is 7.42. The van der Waals surface area contributed by atoms with E-state index >= 15 is 0 Å². The van der Waals surface area contributed by atoms with Gasteiger partial charge in [0.15, 0.2) is 0 Å². The summed E-state index contributed by atoms with van der Waals surface area (Å²) in [7, 11) is 3.50. The molecule has 0 heterocycles. The molecule has 148 valence electrons. The molecule has 4 aromatic carbocycles. The van der Waals surface area contributed by atoms with Crippen LogP contribution in [-0.4, -0.2) is 14.2 Å². The summed E-state index contributed by atoms with van der Waals surface area (Å²) in [5.74, 6) is 1.88. The summed E-state index contributed by atoms with van der Waals surface area (Å²) in [5, 5.41) is 5.04. The molecule has 0 aliphatic heterocycles. The number of methoxy groups -OCH3 is 2. The molecule has 0 saturated heterocycles. The van der Waals surface area contributed by atoms with Crippen LogP contribution in [0.15, 0.2) is 60.7 Å². The molecule has 0 aliphatic carbocycles. The van der Waals surface area contributed by atoms with E-state index in [0.717, 1.165) is 30.8 Å². The predicted molar refractivity (Wildman–Crippen MR) is 123 cm³/mol. The van der Waals surface area contributed by atoms with Gasteiger partial charge in [-0.05, 0) is 64.4 Å². The van der Waals surface area contributed by atoms with Crippen LogP contribution in [0.5, 0.6) is 11.5 Å². The summed E-state index contributed by atoms with van der Waals surface area (Å²) >= 11 is 0. The van der Waals surface area contributed by atoms with E-state index in [1.54, 1.807) is 14.2 Å². The van der Waals surface area contributed by atoms with Crippen LogP contribution in [0.25, 0.3) is 21.5 Å². The van der Waals surface area contributed by atoms with Gasteiger partial charge in [0.25, 0.3) is 0 Å². The Morgan fingerprint density at radius 2 is 1.00 bits per heavy atom. The van der Waals surface area contributed by atoms with Gasteiger partial charge in [0.1, 0.15) is 11.5 Å². The van der Waals surface area contributed by atoms with Crippen molar-refractivity contribution in [3.05, 3.63) is 82.9 Å². The Bertz CT molecular complexity index is 1080. The SMILES string of the molecule is CCc1cccc2c(OC)ccc(Cc3ccc(OC)c4cccc(CC)c34)c12. The average molecular weight is 385 g/mol. The summed E-state index contributed by atoms with van der Waals surface area (Å²) in [6.07, 6.45) is 2.89. The van der Waals surface area contributed by atoms with E-state index in [4.69, 9.17) is 9.47 Å². The predicted octanol–water partition coefficient (Wildman–Crippen LogP) is 6.73. The zero-order chi connectivity index (χ0) is 20.4. The van der Waals surface area contributed by atoms with Crippen LogP contribution in [0.2, 0.25) is 0 Å². The van der Waals surface area contributed by atoms with Crippen LogP contribution < -0.4 is 9.47 Å². The highest BCUT2D eigenvalue weighted by molar-refractivity contribution is 5.96. The van der Waals surface area contributed by atoms with Crippen molar-refractivity contribution in [2.75, 3.05) is 14.2 Å². The molecule has 0 spiro atoms. The Kier molecular flexibility index (Phi) is 5.44. The molecule has 0 atom stereocenters. The van der Waals surface area contributed by atoms with E-state index in [9.17, 15) is 0 Å². The van der Waals surface area contributed by atoms with Crippen LogP contribution in [-0.2, 0) is 19.3 Å². The molecule has 29 heavy (non-hydrogen) atoms. The summed E-state index contributed by atoms with van der Waals surface area (Å²) in [4.78, 5) is 0. The minimum atomic E-state index is 0.884. The monoisotopic (exact) mass is 384 g/mol. The lowest BCUT2D eigenvalue weighted by Gasteiger charge is -2.17. The van der Waals surface area contributed by atoms with Gasteiger partial charge >= 0.3 is 0 Å². The summed E-state index contributed by atoms with van der Waals surface area (Å²) in [6.45, 7) is 4.44. The first-order valence-corrected chi connectivity index (χ1v) is 10.4. The molecule has 0 unspecified atom stereocenters. The Morgan fingerprint density at radius 3 is 1.38 bits per heavy atom. The molecule has 4 rings (SSSR count). The van der Waals surface area contributed by atoms with E-state index in [1.807, 2.05) is 0 Å². The smallest absolute Gasteiger partial charge is 0.126 e. The fourth-order valence-electron chi connectivity index (χ4n) is 4.51. The van der Waals surface area contributed by atoms with Gasteiger partial charge < -0.3 is 9.47 Å². The lowest BCUT2D eigenvalue weighted by atomic mass is 9.90. The molecule has 0 fully saturated rings. The minimum Gasteiger partial charge on any atom is -0.496 e. The largest absolute Gasteiger partial charge is 0.496 e. The van der Waals surface area contributed by atoms with Gasteiger partial charge in [0.2, 0.25) is 0 Å². The van der Waals surface area contributed by atoms with Gasteiger partial charge in [0, 0.05) is 10.8 Å². The average Bonchev–Trinajstić information content (AvgIpc) is 2.78. The summed E-state index contributed by atoms with van der Waals surface area (Å²) in [5.41, 5.74) is 5.42. The number of ether oxygens (including phenoxy) is 2. The van der Waals surface area contributed by atoms with Crippen LogP contribution in [0.4, 0.5) is 0 Å². The molecule has 4 aromatic rings. The van der Waals surface area contributed by atoms with Gasteiger partial charge in [-0.25, -0.2) is 0 Å². The molecule has 0 N–H and O–H groups in total. The van der Waals surface area contributed by atoms with Crippen molar-refractivity contribution in [2.24, 2.45) is 0 Å². The first kappa shape index (κ1) is 19.3. The molecule has 0 aromatic heterocycles. The van der Waals surface area contributed by atoms with Crippen LogP contribution in [0, 0.1) is 0 Å². The number of fused-ring (bicyclic) bond motifs is 2. The normalized spacial score (nSPS) is 11.2. The molecule has 0 amide bonds. The topological polar surface area (TPSA) is 18.5 Å². The van der Waals surface area contributed by atoms with Crippen molar-refractivity contribution < 1.29 is 9.47 Å². The number of aryl methyl sites for hydroxylation is 2. The highest BCUT2D eigenvalue weighted by atomic mass is 16.5. The first-order valence-electron chi connectivity index (χ1n) is 10.4. The third-order valence-corrected chi connectivity index (χ3v) is 5.93. The van der Waals surface area contributed by atoms with Crippen LogP contribution >= 0.6 is 0 Å². The molecular formula is C27H28O2. The van der Waals surface area contributed by atoms with Crippen LogP contribution in [0.1, 0.15) is 36.1 Å². The molecular weight excluding hydrogens is 356 g/mol. The van der Waals surface area contributed by atoms with Crippen molar-refractivity contribution in [1.82, 2.24) is 0 Å². The lowest BCUT2D eigenvalue weighted by Crippen LogP contribution is -1.99. The van der Waals surface area contributed by atoms with Gasteiger partial charge in [-0.15, -0.1) is 0 Å². The van der Waals surface area contributed by atoms with Crippen molar-refractivity contribution in [1.29, 1.82) is 0 Å². The van der Waals surface area contributed by atoms with Crippen molar-refractivity contribution in [2.45, 2.75) is 33.1 Å². The Hall–Kier alpha value is -3.00. The number of hydrogen-bond donors (Lipinski definition) is 0. The lowest BCUT2D eigenvalue weighted by molar-refractivity contribution is 0.419. The van der Waals surface area contributed by atoms with Crippen molar-refractivity contribution in [3.63, 3.8) is 0 Å². The quantitative estimate of drug-likeness (QED) is 0.367. The third-order valence-electron chi connectivity index (χ3n) is 5.93. The fraction of sp³-hybridized carbons (Fsp3) is 0.259. The maximum absolute atomic E-state index is 5.65. The Balaban J connectivity index is 1.96. The number of hydrogen-bond acceptors (Lipinski definition) is 2. The third kappa shape index (κ3) is 3.33. The van der Waals surface area contributed by atoms with Crippen LogP contribution in [0.3, 0.4) is 0 Å². The van der Waals surface area contributed by atoms with Gasteiger partial charge in [0.05, 0.1) is 14.2 Å². The van der Waals surface area contributed by atoms with Gasteiger partial charge in [-0.1, -0.05) is 62.4 Å².